The normalized spacial score (nSPS) is 14.8. The molecule has 33 heavy (non-hydrogen) atoms. The van der Waals surface area contributed by atoms with Gasteiger partial charge in [0.1, 0.15) is 0 Å². The summed E-state index contributed by atoms with van der Waals surface area (Å²) in [5.74, 6) is -0.255. The Morgan fingerprint density at radius 1 is 0.909 bits per heavy atom. The highest BCUT2D eigenvalue weighted by molar-refractivity contribution is 7.88. The molecule has 0 radical (unpaired) electrons. The predicted octanol–water partition coefficient (Wildman–Crippen LogP) is 4.99. The second kappa shape index (κ2) is 8.65. The molecule has 1 aromatic heterocycles. The van der Waals surface area contributed by atoms with E-state index in [4.69, 9.17) is 0 Å². The van der Waals surface area contributed by atoms with E-state index in [9.17, 15) is 13.2 Å². The van der Waals surface area contributed by atoms with Crippen LogP contribution in [0.1, 0.15) is 35.7 Å². The largest absolute Gasteiger partial charge is 0.341 e. The van der Waals surface area contributed by atoms with Crippen LogP contribution in [0.3, 0.4) is 0 Å². The Labute approximate surface area is 193 Å². The summed E-state index contributed by atoms with van der Waals surface area (Å²) in [7, 11) is -3.30. The molecule has 0 bridgehead atoms. The van der Waals surface area contributed by atoms with Crippen molar-refractivity contribution in [1.82, 2.24) is 8.87 Å². The van der Waals surface area contributed by atoms with E-state index >= 15 is 0 Å². The first kappa shape index (κ1) is 21.7. The lowest BCUT2D eigenvalue weighted by atomic mass is 10.1. The number of rotatable bonds is 6. The minimum Gasteiger partial charge on any atom is -0.341 e. The van der Waals surface area contributed by atoms with Crippen molar-refractivity contribution in [3.05, 3.63) is 77.9 Å². The average molecular weight is 462 g/mol. The molecule has 1 saturated heterocycles. The summed E-state index contributed by atoms with van der Waals surface area (Å²) >= 11 is 0. The van der Waals surface area contributed by atoms with Crippen LogP contribution in [0.25, 0.3) is 21.8 Å². The second-order valence-electron chi connectivity index (χ2n) is 8.51. The summed E-state index contributed by atoms with van der Waals surface area (Å²) in [4.78, 5) is 12.8. The number of fused-ring (bicyclic) bond motifs is 3. The van der Waals surface area contributed by atoms with E-state index in [1.54, 1.807) is 28.6 Å². The first-order chi connectivity index (χ1) is 16.0. The van der Waals surface area contributed by atoms with Gasteiger partial charge in [-0.15, -0.1) is 0 Å². The first-order valence-corrected chi connectivity index (χ1v) is 13.0. The van der Waals surface area contributed by atoms with Crippen molar-refractivity contribution < 1.29 is 13.2 Å². The zero-order valence-corrected chi connectivity index (χ0v) is 19.4. The van der Waals surface area contributed by atoms with Gasteiger partial charge < -0.3 is 9.88 Å². The molecule has 2 heterocycles. The molecule has 4 aromatic rings. The van der Waals surface area contributed by atoms with E-state index in [-0.39, 0.29) is 11.7 Å². The molecule has 0 spiro atoms. The highest BCUT2D eigenvalue weighted by atomic mass is 32.2. The Morgan fingerprint density at radius 3 is 2.33 bits per heavy atom. The third-order valence-corrected chi connectivity index (χ3v) is 8.22. The Kier molecular flexibility index (Phi) is 5.68. The highest BCUT2D eigenvalue weighted by Gasteiger charge is 2.25. The maximum absolute atomic E-state index is 12.8. The SMILES string of the molecule is CCn1c2ccccc2c2cc(NC(=O)c3ccc(CS(=O)(=O)N4CCCC4)cc3)ccc21. The Hall–Kier alpha value is -3.16. The zero-order valence-electron chi connectivity index (χ0n) is 18.6. The van der Waals surface area contributed by atoms with Gasteiger partial charge in [0.15, 0.2) is 0 Å². The number of nitrogens with one attached hydrogen (secondary N) is 1. The van der Waals surface area contributed by atoms with Crippen LogP contribution in [-0.2, 0) is 22.3 Å². The predicted molar refractivity (Wildman–Crippen MR) is 133 cm³/mol. The molecule has 170 valence electrons. The molecular formula is C26H27N3O3S. The molecule has 1 amide bonds. The number of sulfonamides is 1. The van der Waals surface area contributed by atoms with Crippen molar-refractivity contribution in [2.45, 2.75) is 32.1 Å². The van der Waals surface area contributed by atoms with Gasteiger partial charge in [0, 0.05) is 52.7 Å². The number of anilines is 1. The van der Waals surface area contributed by atoms with Gasteiger partial charge in [0.2, 0.25) is 10.0 Å². The monoisotopic (exact) mass is 461 g/mol. The number of aryl methyl sites for hydroxylation is 1. The summed E-state index contributed by atoms with van der Waals surface area (Å²) in [5, 5.41) is 5.25. The lowest BCUT2D eigenvalue weighted by Gasteiger charge is -2.15. The summed E-state index contributed by atoms with van der Waals surface area (Å²) in [6.07, 6.45) is 1.84. The van der Waals surface area contributed by atoms with Gasteiger partial charge in [-0.3, -0.25) is 4.79 Å². The smallest absolute Gasteiger partial charge is 0.255 e. The van der Waals surface area contributed by atoms with E-state index in [0.717, 1.165) is 41.4 Å². The minimum absolute atomic E-state index is 0.0347. The number of carbonyl (C=O) groups excluding carboxylic acids is 1. The van der Waals surface area contributed by atoms with E-state index in [1.165, 1.54) is 5.52 Å². The number of hydrogen-bond donors (Lipinski definition) is 1. The fourth-order valence-corrected chi connectivity index (χ4v) is 6.31. The molecule has 1 aliphatic heterocycles. The third kappa shape index (κ3) is 4.14. The van der Waals surface area contributed by atoms with Gasteiger partial charge in [-0.1, -0.05) is 30.3 Å². The molecule has 3 aromatic carbocycles. The van der Waals surface area contributed by atoms with Gasteiger partial charge >= 0.3 is 0 Å². The van der Waals surface area contributed by atoms with E-state index < -0.39 is 10.0 Å². The van der Waals surface area contributed by atoms with E-state index in [1.807, 2.05) is 30.3 Å². The average Bonchev–Trinajstić information content (AvgIpc) is 3.46. The molecule has 0 unspecified atom stereocenters. The molecule has 5 rings (SSSR count). The number of hydrogen-bond acceptors (Lipinski definition) is 3. The molecule has 6 nitrogen and oxygen atoms in total. The number of benzene rings is 3. The van der Waals surface area contributed by atoms with E-state index in [0.29, 0.717) is 24.2 Å². The maximum atomic E-state index is 12.8. The van der Waals surface area contributed by atoms with Gasteiger partial charge in [0.05, 0.1) is 5.75 Å². The number of carbonyl (C=O) groups is 1. The fourth-order valence-electron chi connectivity index (χ4n) is 4.70. The first-order valence-electron chi connectivity index (χ1n) is 11.4. The van der Waals surface area contributed by atoms with Crippen molar-refractivity contribution in [2.24, 2.45) is 0 Å². The third-order valence-electron chi connectivity index (χ3n) is 6.37. The lowest BCUT2D eigenvalue weighted by molar-refractivity contribution is 0.102. The van der Waals surface area contributed by atoms with Crippen LogP contribution in [0.5, 0.6) is 0 Å². The molecule has 0 atom stereocenters. The van der Waals surface area contributed by atoms with Crippen LogP contribution in [0.15, 0.2) is 66.7 Å². The molecule has 0 saturated carbocycles. The number of amides is 1. The van der Waals surface area contributed by atoms with Crippen molar-refractivity contribution in [3.8, 4) is 0 Å². The molecule has 1 aliphatic rings. The van der Waals surface area contributed by atoms with Crippen molar-refractivity contribution in [1.29, 1.82) is 0 Å². The molecule has 1 N–H and O–H groups in total. The summed E-state index contributed by atoms with van der Waals surface area (Å²) < 4.78 is 28.9. The Balaban J connectivity index is 1.34. The van der Waals surface area contributed by atoms with Crippen LogP contribution in [-0.4, -0.2) is 36.3 Å². The van der Waals surface area contributed by atoms with Crippen molar-refractivity contribution in [3.63, 3.8) is 0 Å². The molecule has 1 fully saturated rings. The van der Waals surface area contributed by atoms with Crippen LogP contribution >= 0.6 is 0 Å². The molecule has 0 aliphatic carbocycles. The second-order valence-corrected chi connectivity index (χ2v) is 10.5. The number of nitrogens with zero attached hydrogens (tertiary/aromatic N) is 2. The van der Waals surface area contributed by atoms with Crippen LogP contribution in [0.2, 0.25) is 0 Å². The molecular weight excluding hydrogens is 434 g/mol. The number of para-hydroxylation sites is 1. The lowest BCUT2D eigenvalue weighted by Crippen LogP contribution is -2.29. The van der Waals surface area contributed by atoms with Gasteiger partial charge in [-0.25, -0.2) is 12.7 Å². The van der Waals surface area contributed by atoms with Gasteiger partial charge in [-0.05, 0) is 61.7 Å². The summed E-state index contributed by atoms with van der Waals surface area (Å²) in [5.41, 5.74) is 4.23. The van der Waals surface area contributed by atoms with Crippen molar-refractivity contribution >= 4 is 43.4 Å². The van der Waals surface area contributed by atoms with Crippen LogP contribution < -0.4 is 5.32 Å². The van der Waals surface area contributed by atoms with Gasteiger partial charge in [0.25, 0.3) is 5.91 Å². The Morgan fingerprint density at radius 2 is 1.61 bits per heavy atom. The number of aromatic nitrogens is 1. The van der Waals surface area contributed by atoms with Gasteiger partial charge in [-0.2, -0.15) is 0 Å². The van der Waals surface area contributed by atoms with E-state index in [2.05, 4.69) is 28.9 Å². The van der Waals surface area contributed by atoms with Crippen molar-refractivity contribution in [2.75, 3.05) is 18.4 Å². The zero-order chi connectivity index (χ0) is 23.0. The van der Waals surface area contributed by atoms with Crippen LogP contribution in [0, 0.1) is 0 Å². The fraction of sp³-hybridized carbons (Fsp3) is 0.269. The summed E-state index contributed by atoms with van der Waals surface area (Å²) in [6, 6.07) is 21.1. The Bertz CT molecular complexity index is 1430. The maximum Gasteiger partial charge on any atom is 0.255 e. The highest BCUT2D eigenvalue weighted by Crippen LogP contribution is 2.31. The minimum atomic E-state index is -3.30. The molecule has 7 heteroatoms. The van der Waals surface area contributed by atoms with Crippen LogP contribution in [0.4, 0.5) is 5.69 Å². The quantitative estimate of drug-likeness (QED) is 0.440. The topological polar surface area (TPSA) is 71.4 Å². The standard InChI is InChI=1S/C26H27N3O3S/c1-2-29-24-8-4-3-7-22(24)23-17-21(13-14-25(23)29)27-26(30)20-11-9-19(10-12-20)18-33(31,32)28-15-5-6-16-28/h3-4,7-14,17H,2,5-6,15-16,18H2,1H3,(H,27,30). The summed E-state index contributed by atoms with van der Waals surface area (Å²) in [6.45, 7) is 4.20.